The molecule has 0 bridgehead atoms. The van der Waals surface area contributed by atoms with Crippen LogP contribution in [0, 0.1) is 0 Å². The highest BCUT2D eigenvalue weighted by Crippen LogP contribution is 2.25. The maximum atomic E-state index is 10.0. The average Bonchev–Trinajstić information content (AvgIpc) is 3.00. The molecule has 1 fully saturated rings. The van der Waals surface area contributed by atoms with E-state index in [2.05, 4.69) is 20.4 Å². The van der Waals surface area contributed by atoms with E-state index in [0.29, 0.717) is 11.7 Å². The summed E-state index contributed by atoms with van der Waals surface area (Å²) >= 11 is 0. The molecule has 0 aromatic carbocycles. The van der Waals surface area contributed by atoms with Crippen LogP contribution in [-0.4, -0.2) is 32.4 Å². The minimum absolute atomic E-state index is 0.0606. The van der Waals surface area contributed by atoms with Gasteiger partial charge in [0, 0.05) is 17.7 Å². The van der Waals surface area contributed by atoms with Crippen LogP contribution in [-0.2, 0) is 0 Å². The summed E-state index contributed by atoms with van der Waals surface area (Å²) in [5.41, 5.74) is 0.835. The highest BCUT2D eigenvalue weighted by atomic mass is 16.5. The summed E-state index contributed by atoms with van der Waals surface area (Å²) in [6, 6.07) is 3.80. The Morgan fingerprint density at radius 2 is 2.14 bits per heavy atom. The smallest absolute Gasteiger partial charge is 0.258 e. The summed E-state index contributed by atoms with van der Waals surface area (Å²) < 4.78 is 5.31. The molecule has 1 saturated carbocycles. The Labute approximate surface area is 130 Å². The second kappa shape index (κ2) is 6.44. The fraction of sp³-hybridized carbons (Fsp3) is 0.562. The molecule has 22 heavy (non-hydrogen) atoms. The molecule has 0 radical (unpaired) electrons. The van der Waals surface area contributed by atoms with Crippen molar-refractivity contribution in [2.24, 2.45) is 0 Å². The average molecular weight is 302 g/mol. The van der Waals surface area contributed by atoms with Crippen molar-refractivity contribution in [1.29, 1.82) is 0 Å². The number of nitrogens with one attached hydrogen (secondary N) is 1. The van der Waals surface area contributed by atoms with Gasteiger partial charge in [0.05, 0.1) is 12.1 Å². The normalized spacial score (nSPS) is 22.0. The standard InChI is InChI=1S/C16H22N4O2/c1-10(2)15-19-16(22-20-15)11-7-8-17-14(9-11)18-12-5-3-4-6-13(12)21/h7-10,12-13,21H,3-6H2,1-2H3,(H,17,18)/t12-,13-/m0/s1. The predicted molar refractivity (Wildman–Crippen MR) is 83.5 cm³/mol. The van der Waals surface area contributed by atoms with Crippen LogP contribution in [0.2, 0.25) is 0 Å². The second-order valence-corrected chi connectivity index (χ2v) is 6.14. The van der Waals surface area contributed by atoms with Crippen LogP contribution in [0.3, 0.4) is 0 Å². The number of aliphatic hydroxyl groups is 1. The van der Waals surface area contributed by atoms with Gasteiger partial charge in [0.25, 0.3) is 5.89 Å². The predicted octanol–water partition coefficient (Wildman–Crippen LogP) is 2.97. The summed E-state index contributed by atoms with van der Waals surface area (Å²) in [6.45, 7) is 4.05. The molecule has 0 amide bonds. The molecule has 1 aliphatic carbocycles. The van der Waals surface area contributed by atoms with Crippen molar-refractivity contribution in [3.05, 3.63) is 24.2 Å². The van der Waals surface area contributed by atoms with Gasteiger partial charge in [-0.2, -0.15) is 4.98 Å². The maximum Gasteiger partial charge on any atom is 0.258 e. The first-order valence-corrected chi connectivity index (χ1v) is 7.88. The summed E-state index contributed by atoms with van der Waals surface area (Å²) in [5.74, 6) is 2.16. The third kappa shape index (κ3) is 3.27. The number of hydrogen-bond acceptors (Lipinski definition) is 6. The lowest BCUT2D eigenvalue weighted by molar-refractivity contribution is 0.116. The molecule has 6 nitrogen and oxygen atoms in total. The van der Waals surface area contributed by atoms with Crippen molar-refractivity contribution in [3.8, 4) is 11.5 Å². The van der Waals surface area contributed by atoms with Crippen LogP contribution >= 0.6 is 0 Å². The van der Waals surface area contributed by atoms with Gasteiger partial charge in [0.2, 0.25) is 0 Å². The van der Waals surface area contributed by atoms with Gasteiger partial charge in [-0.1, -0.05) is 31.8 Å². The van der Waals surface area contributed by atoms with E-state index in [4.69, 9.17) is 4.52 Å². The molecule has 0 unspecified atom stereocenters. The van der Waals surface area contributed by atoms with Crippen LogP contribution in [0.1, 0.15) is 51.3 Å². The quantitative estimate of drug-likeness (QED) is 0.903. The first-order valence-electron chi connectivity index (χ1n) is 7.88. The lowest BCUT2D eigenvalue weighted by atomic mass is 9.92. The minimum atomic E-state index is -0.310. The van der Waals surface area contributed by atoms with Gasteiger partial charge in [-0.15, -0.1) is 0 Å². The Balaban J connectivity index is 1.76. The lowest BCUT2D eigenvalue weighted by Crippen LogP contribution is -2.36. The number of aromatic nitrogens is 3. The van der Waals surface area contributed by atoms with E-state index >= 15 is 0 Å². The Hall–Kier alpha value is -1.95. The molecule has 2 atom stereocenters. The number of nitrogens with zero attached hydrogens (tertiary/aromatic N) is 3. The summed E-state index contributed by atoms with van der Waals surface area (Å²) in [5, 5.41) is 17.4. The Morgan fingerprint density at radius 1 is 1.32 bits per heavy atom. The first-order chi connectivity index (χ1) is 10.6. The topological polar surface area (TPSA) is 84.1 Å². The van der Waals surface area contributed by atoms with Crippen molar-refractivity contribution in [2.75, 3.05) is 5.32 Å². The lowest BCUT2D eigenvalue weighted by Gasteiger charge is -2.28. The molecule has 0 aliphatic heterocycles. The molecule has 6 heteroatoms. The summed E-state index contributed by atoms with van der Waals surface area (Å²) in [6.07, 6.45) is 5.44. The monoisotopic (exact) mass is 302 g/mol. The van der Waals surface area contributed by atoms with Crippen LogP contribution in [0.4, 0.5) is 5.82 Å². The van der Waals surface area contributed by atoms with Crippen LogP contribution in [0.5, 0.6) is 0 Å². The van der Waals surface area contributed by atoms with Crippen LogP contribution in [0.25, 0.3) is 11.5 Å². The van der Waals surface area contributed by atoms with Gasteiger partial charge in [-0.05, 0) is 25.0 Å². The van der Waals surface area contributed by atoms with E-state index in [1.54, 1.807) is 6.20 Å². The van der Waals surface area contributed by atoms with E-state index < -0.39 is 0 Å². The molecular formula is C16H22N4O2. The zero-order chi connectivity index (χ0) is 15.5. The molecule has 118 valence electrons. The fourth-order valence-corrected chi connectivity index (χ4v) is 2.70. The number of anilines is 1. The van der Waals surface area contributed by atoms with E-state index in [0.717, 1.165) is 37.1 Å². The van der Waals surface area contributed by atoms with Crippen molar-refractivity contribution < 1.29 is 9.63 Å². The largest absolute Gasteiger partial charge is 0.391 e. The fourth-order valence-electron chi connectivity index (χ4n) is 2.70. The van der Waals surface area contributed by atoms with Crippen molar-refractivity contribution >= 4 is 5.82 Å². The Bertz CT molecular complexity index is 626. The van der Waals surface area contributed by atoms with Crippen LogP contribution < -0.4 is 5.32 Å². The molecule has 2 aromatic heterocycles. The Morgan fingerprint density at radius 3 is 2.86 bits per heavy atom. The molecule has 2 heterocycles. The summed E-state index contributed by atoms with van der Waals surface area (Å²) in [7, 11) is 0. The van der Waals surface area contributed by atoms with E-state index in [1.165, 1.54) is 0 Å². The molecule has 3 rings (SSSR count). The van der Waals surface area contributed by atoms with Gasteiger partial charge in [0.1, 0.15) is 5.82 Å². The van der Waals surface area contributed by atoms with Crippen molar-refractivity contribution in [1.82, 2.24) is 15.1 Å². The third-order valence-corrected chi connectivity index (χ3v) is 4.03. The van der Waals surface area contributed by atoms with Gasteiger partial charge in [-0.3, -0.25) is 0 Å². The highest BCUT2D eigenvalue weighted by molar-refractivity contribution is 5.58. The zero-order valence-corrected chi connectivity index (χ0v) is 13.0. The van der Waals surface area contributed by atoms with Gasteiger partial charge >= 0.3 is 0 Å². The number of pyridine rings is 1. The van der Waals surface area contributed by atoms with Gasteiger partial charge in [0.15, 0.2) is 5.82 Å². The summed E-state index contributed by atoms with van der Waals surface area (Å²) in [4.78, 5) is 8.72. The number of hydrogen-bond donors (Lipinski definition) is 2. The van der Waals surface area contributed by atoms with Crippen LogP contribution in [0.15, 0.2) is 22.9 Å². The maximum absolute atomic E-state index is 10.0. The second-order valence-electron chi connectivity index (χ2n) is 6.14. The van der Waals surface area contributed by atoms with E-state index in [1.807, 2.05) is 26.0 Å². The third-order valence-electron chi connectivity index (χ3n) is 4.03. The SMILES string of the molecule is CC(C)c1noc(-c2ccnc(N[C@H]3CCCC[C@@H]3O)c2)n1. The minimum Gasteiger partial charge on any atom is -0.391 e. The molecular weight excluding hydrogens is 280 g/mol. The molecule has 0 spiro atoms. The van der Waals surface area contributed by atoms with Gasteiger partial charge in [-0.25, -0.2) is 4.98 Å². The highest BCUT2D eigenvalue weighted by Gasteiger charge is 2.23. The number of rotatable bonds is 4. The van der Waals surface area contributed by atoms with Gasteiger partial charge < -0.3 is 14.9 Å². The van der Waals surface area contributed by atoms with Crippen molar-refractivity contribution in [3.63, 3.8) is 0 Å². The first kappa shape index (κ1) is 15.0. The zero-order valence-electron chi connectivity index (χ0n) is 13.0. The Kier molecular flexibility index (Phi) is 4.38. The molecule has 1 aliphatic rings. The van der Waals surface area contributed by atoms with Crippen molar-refractivity contribution in [2.45, 2.75) is 57.6 Å². The molecule has 2 N–H and O–H groups in total. The van der Waals surface area contributed by atoms with E-state index in [-0.39, 0.29) is 18.1 Å². The molecule has 0 saturated heterocycles. The molecule has 2 aromatic rings. The number of aliphatic hydroxyl groups excluding tert-OH is 1. The van der Waals surface area contributed by atoms with E-state index in [9.17, 15) is 5.11 Å².